The van der Waals surface area contributed by atoms with Gasteiger partial charge < -0.3 is 10.0 Å². The highest BCUT2D eigenvalue weighted by molar-refractivity contribution is 5.94. The normalized spacial score (nSPS) is 17.0. The molecule has 0 spiro atoms. The first kappa shape index (κ1) is 15.6. The van der Waals surface area contributed by atoms with Crippen molar-refractivity contribution < 1.29 is 9.90 Å². The van der Waals surface area contributed by atoms with Crippen molar-refractivity contribution in [3.63, 3.8) is 0 Å². The smallest absolute Gasteiger partial charge is 0.253 e. The maximum Gasteiger partial charge on any atom is 0.253 e. The lowest BCUT2D eigenvalue weighted by atomic mass is 9.84. The second kappa shape index (κ2) is 6.32. The zero-order chi connectivity index (χ0) is 15.5. The Labute approximate surface area is 127 Å². The number of rotatable bonds is 1. The number of likely N-dealkylation sites (tertiary alicyclic amines) is 1. The fourth-order valence-corrected chi connectivity index (χ4v) is 2.80. The summed E-state index contributed by atoms with van der Waals surface area (Å²) < 4.78 is 0. The molecule has 1 aromatic carbocycles. The molecule has 1 N–H and O–H groups in total. The molecular formula is C18H23NO2. The van der Waals surface area contributed by atoms with Crippen LogP contribution in [0.4, 0.5) is 0 Å². The zero-order valence-corrected chi connectivity index (χ0v) is 13.1. The minimum absolute atomic E-state index is 0.0785. The number of carbonyl (C=O) groups excluding carboxylic acids is 1. The van der Waals surface area contributed by atoms with Crippen molar-refractivity contribution in [3.05, 3.63) is 34.9 Å². The fourth-order valence-electron chi connectivity index (χ4n) is 2.80. The molecule has 0 unspecified atom stereocenters. The third-order valence-electron chi connectivity index (χ3n) is 3.97. The van der Waals surface area contributed by atoms with Gasteiger partial charge in [0.1, 0.15) is 6.61 Å². The molecule has 0 radical (unpaired) electrons. The molecule has 1 aliphatic rings. The monoisotopic (exact) mass is 285 g/mol. The molecular weight excluding hydrogens is 262 g/mol. The Hall–Kier alpha value is -1.79. The van der Waals surface area contributed by atoms with Gasteiger partial charge in [0.05, 0.1) is 0 Å². The van der Waals surface area contributed by atoms with Crippen LogP contribution in [0.1, 0.15) is 48.2 Å². The van der Waals surface area contributed by atoms with Crippen molar-refractivity contribution in [2.75, 3.05) is 19.7 Å². The summed E-state index contributed by atoms with van der Waals surface area (Å²) >= 11 is 0. The Morgan fingerprint density at radius 1 is 1.43 bits per heavy atom. The van der Waals surface area contributed by atoms with Crippen LogP contribution in [0.3, 0.4) is 0 Å². The summed E-state index contributed by atoms with van der Waals surface area (Å²) in [6.07, 6.45) is 2.22. The van der Waals surface area contributed by atoms with Gasteiger partial charge in [-0.3, -0.25) is 4.79 Å². The number of nitrogens with zero attached hydrogens (tertiary/aromatic N) is 1. The van der Waals surface area contributed by atoms with Gasteiger partial charge in [0.15, 0.2) is 0 Å². The Bertz CT molecular complexity index is 593. The van der Waals surface area contributed by atoms with E-state index in [0.29, 0.717) is 5.56 Å². The highest BCUT2D eigenvalue weighted by atomic mass is 16.2. The molecule has 1 heterocycles. The lowest BCUT2D eigenvalue weighted by Crippen LogP contribution is -2.43. The topological polar surface area (TPSA) is 40.5 Å². The maximum absolute atomic E-state index is 12.7. The first-order valence-electron chi connectivity index (χ1n) is 7.43. The largest absolute Gasteiger partial charge is 0.384 e. The lowest BCUT2D eigenvalue weighted by molar-refractivity contribution is 0.0583. The molecule has 0 aromatic heterocycles. The van der Waals surface area contributed by atoms with E-state index in [1.54, 1.807) is 0 Å². The van der Waals surface area contributed by atoms with Crippen LogP contribution in [0.25, 0.3) is 0 Å². The Morgan fingerprint density at radius 2 is 2.19 bits per heavy atom. The molecule has 21 heavy (non-hydrogen) atoms. The van der Waals surface area contributed by atoms with Gasteiger partial charge in [-0.25, -0.2) is 0 Å². The molecule has 1 fully saturated rings. The average Bonchev–Trinajstić information content (AvgIpc) is 2.44. The summed E-state index contributed by atoms with van der Waals surface area (Å²) in [4.78, 5) is 14.6. The number of benzene rings is 1. The van der Waals surface area contributed by atoms with E-state index in [1.807, 2.05) is 30.0 Å². The maximum atomic E-state index is 12.7. The number of amides is 1. The minimum atomic E-state index is -0.169. The van der Waals surface area contributed by atoms with Crippen LogP contribution in [-0.2, 0) is 0 Å². The highest BCUT2D eigenvalue weighted by Gasteiger charge is 2.29. The number of aliphatic hydroxyl groups excluding tert-OH is 1. The van der Waals surface area contributed by atoms with E-state index in [4.69, 9.17) is 5.11 Å². The van der Waals surface area contributed by atoms with Crippen molar-refractivity contribution in [3.8, 4) is 11.8 Å². The first-order chi connectivity index (χ1) is 9.93. The van der Waals surface area contributed by atoms with Crippen LogP contribution in [0.15, 0.2) is 18.2 Å². The fraction of sp³-hybridized carbons (Fsp3) is 0.500. The van der Waals surface area contributed by atoms with Gasteiger partial charge in [-0.15, -0.1) is 0 Å². The van der Waals surface area contributed by atoms with Crippen molar-refractivity contribution >= 4 is 5.91 Å². The van der Waals surface area contributed by atoms with Crippen molar-refractivity contribution in [2.45, 2.75) is 33.6 Å². The second-order valence-corrected chi connectivity index (χ2v) is 6.48. The van der Waals surface area contributed by atoms with Gasteiger partial charge in [0.2, 0.25) is 0 Å². The molecule has 1 aromatic rings. The van der Waals surface area contributed by atoms with Crippen LogP contribution < -0.4 is 0 Å². The van der Waals surface area contributed by atoms with E-state index in [0.717, 1.165) is 37.1 Å². The van der Waals surface area contributed by atoms with Crippen molar-refractivity contribution in [2.24, 2.45) is 5.41 Å². The molecule has 112 valence electrons. The van der Waals surface area contributed by atoms with Crippen LogP contribution in [0.2, 0.25) is 0 Å². The number of hydrogen-bond acceptors (Lipinski definition) is 2. The molecule has 2 rings (SSSR count). The number of aliphatic hydroxyl groups is 1. The van der Waals surface area contributed by atoms with Crippen molar-refractivity contribution in [1.82, 2.24) is 4.90 Å². The summed E-state index contributed by atoms with van der Waals surface area (Å²) in [6, 6.07) is 5.62. The molecule has 3 nitrogen and oxygen atoms in total. The highest BCUT2D eigenvalue weighted by Crippen LogP contribution is 2.29. The summed E-state index contributed by atoms with van der Waals surface area (Å²) in [5.74, 6) is 5.63. The first-order valence-corrected chi connectivity index (χ1v) is 7.43. The molecule has 1 saturated heterocycles. The van der Waals surface area contributed by atoms with Gasteiger partial charge in [-0.2, -0.15) is 0 Å². The standard InChI is InChI=1S/C18H23NO2/c1-14-7-8-16(12-15(14)6-4-11-20)17(21)19-10-5-9-18(2,3)13-19/h7-8,12,20H,5,9-11,13H2,1-3H3. The molecule has 0 bridgehead atoms. The summed E-state index contributed by atoms with van der Waals surface area (Å²) in [5, 5.41) is 8.81. The Morgan fingerprint density at radius 3 is 2.86 bits per heavy atom. The quantitative estimate of drug-likeness (QED) is 0.806. The SMILES string of the molecule is Cc1ccc(C(=O)N2CCCC(C)(C)C2)cc1C#CCO. The number of hydrogen-bond donors (Lipinski definition) is 1. The van der Waals surface area contributed by atoms with Crippen LogP contribution in [0, 0.1) is 24.2 Å². The molecule has 0 aliphatic carbocycles. The van der Waals surface area contributed by atoms with E-state index in [-0.39, 0.29) is 17.9 Å². The van der Waals surface area contributed by atoms with Gasteiger partial charge in [0, 0.05) is 24.2 Å². The molecule has 3 heteroatoms. The van der Waals surface area contributed by atoms with E-state index in [2.05, 4.69) is 25.7 Å². The Kier molecular flexibility index (Phi) is 4.69. The summed E-state index contributed by atoms with van der Waals surface area (Å²) in [7, 11) is 0. The number of carbonyl (C=O) groups is 1. The second-order valence-electron chi connectivity index (χ2n) is 6.48. The van der Waals surface area contributed by atoms with Crippen LogP contribution in [-0.4, -0.2) is 35.6 Å². The number of piperidine rings is 1. The molecule has 1 aliphatic heterocycles. The lowest BCUT2D eigenvalue weighted by Gasteiger charge is -2.38. The van der Waals surface area contributed by atoms with E-state index >= 15 is 0 Å². The van der Waals surface area contributed by atoms with Crippen LogP contribution in [0.5, 0.6) is 0 Å². The molecule has 0 saturated carbocycles. The molecule has 0 atom stereocenters. The third kappa shape index (κ3) is 3.86. The predicted molar refractivity (Wildman–Crippen MR) is 84.1 cm³/mol. The minimum Gasteiger partial charge on any atom is -0.384 e. The Balaban J connectivity index is 2.23. The van der Waals surface area contributed by atoms with Gasteiger partial charge in [0.25, 0.3) is 5.91 Å². The van der Waals surface area contributed by atoms with Crippen LogP contribution >= 0.6 is 0 Å². The third-order valence-corrected chi connectivity index (χ3v) is 3.97. The van der Waals surface area contributed by atoms with Gasteiger partial charge >= 0.3 is 0 Å². The summed E-state index contributed by atoms with van der Waals surface area (Å²) in [5.41, 5.74) is 2.70. The van der Waals surface area contributed by atoms with Gasteiger partial charge in [-0.05, 0) is 42.9 Å². The number of aryl methyl sites for hydroxylation is 1. The summed E-state index contributed by atoms with van der Waals surface area (Å²) in [6.45, 7) is 7.84. The van der Waals surface area contributed by atoms with E-state index in [9.17, 15) is 4.79 Å². The van der Waals surface area contributed by atoms with E-state index in [1.165, 1.54) is 0 Å². The molecule has 1 amide bonds. The zero-order valence-electron chi connectivity index (χ0n) is 13.1. The van der Waals surface area contributed by atoms with Crippen molar-refractivity contribution in [1.29, 1.82) is 0 Å². The average molecular weight is 285 g/mol. The predicted octanol–water partition coefficient (Wildman–Crippen LogP) is 2.60. The van der Waals surface area contributed by atoms with E-state index < -0.39 is 0 Å². The van der Waals surface area contributed by atoms with Gasteiger partial charge in [-0.1, -0.05) is 31.8 Å².